The Morgan fingerprint density at radius 3 is 2.69 bits per heavy atom. The molecule has 0 aliphatic rings. The van der Waals surface area contributed by atoms with Crippen molar-refractivity contribution in [2.75, 3.05) is 0 Å². The van der Waals surface area contributed by atoms with Crippen molar-refractivity contribution in [2.24, 2.45) is 0 Å². The number of carbonyl (C=O) groups is 1. The van der Waals surface area contributed by atoms with E-state index in [2.05, 4.69) is 4.98 Å². The summed E-state index contributed by atoms with van der Waals surface area (Å²) < 4.78 is 25.6. The molecule has 1 aromatic rings. The Morgan fingerprint density at radius 1 is 1.62 bits per heavy atom. The zero-order valence-electron chi connectivity index (χ0n) is 8.51. The molecule has 1 N–H and O–H groups in total. The molecule has 0 radical (unpaired) electrons. The van der Waals surface area contributed by atoms with E-state index in [4.69, 9.17) is 16.7 Å². The number of rotatable bonds is 4. The van der Waals surface area contributed by atoms with Gasteiger partial charge in [-0.25, -0.2) is 8.78 Å². The molecule has 0 aromatic carbocycles. The van der Waals surface area contributed by atoms with Gasteiger partial charge >= 0.3 is 5.97 Å². The maximum Gasteiger partial charge on any atom is 0.307 e. The van der Waals surface area contributed by atoms with Gasteiger partial charge in [0, 0.05) is 23.3 Å². The monoisotopic (exact) mass is 249 g/mol. The number of hydrogen-bond acceptors (Lipinski definition) is 2. The van der Waals surface area contributed by atoms with Crippen LogP contribution in [0.2, 0.25) is 0 Å². The molecule has 1 aromatic heterocycles. The summed E-state index contributed by atoms with van der Waals surface area (Å²) >= 11 is 5.57. The Kier molecular flexibility index (Phi) is 4.18. The summed E-state index contributed by atoms with van der Waals surface area (Å²) in [5.74, 6) is -1.20. The average molecular weight is 250 g/mol. The summed E-state index contributed by atoms with van der Waals surface area (Å²) in [6.07, 6.45) is -1.87. The number of aliphatic carboxylic acids is 1. The predicted octanol–water partition coefficient (Wildman–Crippen LogP) is 2.69. The molecule has 0 aliphatic heterocycles. The second kappa shape index (κ2) is 5.21. The Morgan fingerprint density at radius 2 is 2.25 bits per heavy atom. The highest BCUT2D eigenvalue weighted by atomic mass is 35.5. The quantitative estimate of drug-likeness (QED) is 0.835. The molecule has 0 amide bonds. The van der Waals surface area contributed by atoms with Crippen molar-refractivity contribution in [3.05, 3.63) is 28.6 Å². The molecule has 1 rings (SSSR count). The van der Waals surface area contributed by atoms with Gasteiger partial charge in [0.25, 0.3) is 6.43 Å². The number of carboxylic acid groups (broad SMARTS) is 1. The normalized spacial score (nSPS) is 10.8. The van der Waals surface area contributed by atoms with Gasteiger partial charge in [-0.3, -0.25) is 9.78 Å². The molecule has 1 heterocycles. The lowest BCUT2D eigenvalue weighted by atomic mass is 9.99. The molecular formula is C10H10ClF2NO2. The molecule has 0 saturated carbocycles. The van der Waals surface area contributed by atoms with Crippen LogP contribution in [0.3, 0.4) is 0 Å². The second-order valence-corrected chi connectivity index (χ2v) is 3.53. The van der Waals surface area contributed by atoms with E-state index >= 15 is 0 Å². The first-order valence-electron chi connectivity index (χ1n) is 4.50. The molecule has 0 aliphatic carbocycles. The van der Waals surface area contributed by atoms with E-state index in [0.29, 0.717) is 5.56 Å². The van der Waals surface area contributed by atoms with Crippen molar-refractivity contribution in [2.45, 2.75) is 25.7 Å². The fraction of sp³-hybridized carbons (Fsp3) is 0.400. The third-order valence-electron chi connectivity index (χ3n) is 2.21. The van der Waals surface area contributed by atoms with Crippen LogP contribution < -0.4 is 0 Å². The van der Waals surface area contributed by atoms with Crippen molar-refractivity contribution in [1.29, 1.82) is 0 Å². The molecular weight excluding hydrogens is 240 g/mol. The van der Waals surface area contributed by atoms with Gasteiger partial charge in [-0.2, -0.15) is 0 Å². The Hall–Kier alpha value is -1.23. The molecule has 6 heteroatoms. The summed E-state index contributed by atoms with van der Waals surface area (Å²) in [5.41, 5.74) is 0.232. The third kappa shape index (κ3) is 2.66. The van der Waals surface area contributed by atoms with Crippen LogP contribution in [0.4, 0.5) is 8.78 Å². The Balaban J connectivity index is 3.36. The first-order valence-corrected chi connectivity index (χ1v) is 5.04. The number of carboxylic acids is 1. The van der Waals surface area contributed by atoms with Crippen LogP contribution in [0.15, 0.2) is 6.20 Å². The van der Waals surface area contributed by atoms with E-state index in [1.807, 2.05) is 0 Å². The molecule has 3 nitrogen and oxygen atoms in total. The van der Waals surface area contributed by atoms with Crippen LogP contribution in [0, 0.1) is 6.92 Å². The van der Waals surface area contributed by atoms with E-state index < -0.39 is 18.8 Å². The minimum Gasteiger partial charge on any atom is -0.481 e. The maximum atomic E-state index is 12.8. The molecule has 0 unspecified atom stereocenters. The standard InChI is InChI=1S/C10H10ClF2NO2/c1-5-9(10(12)13)7(2-8(15)16)6(3-11)4-14-5/h4,10H,2-3H2,1H3,(H,15,16). The fourth-order valence-corrected chi connectivity index (χ4v) is 1.71. The largest absolute Gasteiger partial charge is 0.481 e. The lowest BCUT2D eigenvalue weighted by Crippen LogP contribution is -2.10. The van der Waals surface area contributed by atoms with Gasteiger partial charge in [-0.1, -0.05) is 0 Å². The van der Waals surface area contributed by atoms with Gasteiger partial charge in [-0.05, 0) is 18.1 Å². The highest BCUT2D eigenvalue weighted by molar-refractivity contribution is 6.17. The van der Waals surface area contributed by atoms with Crippen molar-refractivity contribution < 1.29 is 18.7 Å². The number of halogens is 3. The van der Waals surface area contributed by atoms with Gasteiger partial charge in [0.05, 0.1) is 6.42 Å². The van der Waals surface area contributed by atoms with Gasteiger partial charge < -0.3 is 5.11 Å². The van der Waals surface area contributed by atoms with Crippen LogP contribution in [0.25, 0.3) is 0 Å². The third-order valence-corrected chi connectivity index (χ3v) is 2.49. The van der Waals surface area contributed by atoms with Gasteiger partial charge in [0.2, 0.25) is 0 Å². The predicted molar refractivity (Wildman–Crippen MR) is 54.8 cm³/mol. The Bertz CT molecular complexity index is 410. The van der Waals surface area contributed by atoms with Crippen LogP contribution in [-0.2, 0) is 17.1 Å². The van der Waals surface area contributed by atoms with E-state index in [0.717, 1.165) is 0 Å². The van der Waals surface area contributed by atoms with Crippen LogP contribution in [-0.4, -0.2) is 16.1 Å². The summed E-state index contributed by atoms with van der Waals surface area (Å²) in [6, 6.07) is 0. The van der Waals surface area contributed by atoms with Crippen molar-refractivity contribution in [1.82, 2.24) is 4.98 Å². The van der Waals surface area contributed by atoms with E-state index in [-0.39, 0.29) is 22.7 Å². The minimum absolute atomic E-state index is 0.0321. The van der Waals surface area contributed by atoms with Gasteiger partial charge in [0.1, 0.15) is 0 Å². The van der Waals surface area contributed by atoms with Gasteiger partial charge in [-0.15, -0.1) is 11.6 Å². The molecule has 88 valence electrons. The first kappa shape index (κ1) is 12.8. The molecule has 0 spiro atoms. The van der Waals surface area contributed by atoms with Crippen LogP contribution in [0.1, 0.15) is 28.8 Å². The zero-order chi connectivity index (χ0) is 12.3. The van der Waals surface area contributed by atoms with Gasteiger partial charge in [0.15, 0.2) is 0 Å². The molecule has 0 bridgehead atoms. The van der Waals surface area contributed by atoms with Crippen LogP contribution >= 0.6 is 11.6 Å². The maximum absolute atomic E-state index is 12.8. The van der Waals surface area contributed by atoms with E-state index in [1.54, 1.807) is 0 Å². The number of alkyl halides is 3. The average Bonchev–Trinajstić information content (AvgIpc) is 2.16. The molecule has 0 atom stereocenters. The number of aromatic nitrogens is 1. The number of hydrogen-bond donors (Lipinski definition) is 1. The zero-order valence-corrected chi connectivity index (χ0v) is 9.26. The smallest absolute Gasteiger partial charge is 0.307 e. The summed E-state index contributed by atoms with van der Waals surface area (Å²) in [6.45, 7) is 1.42. The minimum atomic E-state index is -2.75. The molecule has 16 heavy (non-hydrogen) atoms. The SMILES string of the molecule is Cc1ncc(CCl)c(CC(=O)O)c1C(F)F. The summed E-state index contributed by atoms with van der Waals surface area (Å²) in [5, 5.41) is 8.68. The van der Waals surface area contributed by atoms with Crippen molar-refractivity contribution >= 4 is 17.6 Å². The second-order valence-electron chi connectivity index (χ2n) is 3.27. The molecule has 0 fully saturated rings. The van der Waals surface area contributed by atoms with E-state index in [1.165, 1.54) is 13.1 Å². The van der Waals surface area contributed by atoms with Crippen molar-refractivity contribution in [3.8, 4) is 0 Å². The highest BCUT2D eigenvalue weighted by Crippen LogP contribution is 2.28. The fourth-order valence-electron chi connectivity index (χ4n) is 1.48. The number of pyridine rings is 1. The summed E-state index contributed by atoms with van der Waals surface area (Å²) in [4.78, 5) is 14.4. The van der Waals surface area contributed by atoms with E-state index in [9.17, 15) is 13.6 Å². The lowest BCUT2D eigenvalue weighted by molar-refractivity contribution is -0.136. The number of nitrogens with zero attached hydrogens (tertiary/aromatic N) is 1. The summed E-state index contributed by atoms with van der Waals surface area (Å²) in [7, 11) is 0. The first-order chi connectivity index (χ1) is 7.47. The Labute approximate surface area is 96.1 Å². The number of aryl methyl sites for hydroxylation is 1. The van der Waals surface area contributed by atoms with Crippen LogP contribution in [0.5, 0.6) is 0 Å². The topological polar surface area (TPSA) is 50.2 Å². The highest BCUT2D eigenvalue weighted by Gasteiger charge is 2.21. The molecule has 0 saturated heterocycles. The van der Waals surface area contributed by atoms with Crippen molar-refractivity contribution in [3.63, 3.8) is 0 Å². The lowest BCUT2D eigenvalue weighted by Gasteiger charge is -2.13.